The molecule has 1 aromatic carbocycles. The third kappa shape index (κ3) is 4.93. The number of primary amides is 1. The van der Waals surface area contributed by atoms with Crippen molar-refractivity contribution in [3.63, 3.8) is 0 Å². The van der Waals surface area contributed by atoms with Gasteiger partial charge >= 0.3 is 5.97 Å². The van der Waals surface area contributed by atoms with Crippen LogP contribution in [-0.2, 0) is 16.0 Å². The second-order valence-corrected chi connectivity index (χ2v) is 10.2. The molecule has 9 nitrogen and oxygen atoms in total. The molecule has 1 heterocycles. The van der Waals surface area contributed by atoms with E-state index in [-0.39, 0.29) is 35.0 Å². The van der Waals surface area contributed by atoms with Crippen LogP contribution in [0.2, 0.25) is 0 Å². The molecule has 1 fully saturated rings. The molecule has 2 aliphatic rings. The van der Waals surface area contributed by atoms with Gasteiger partial charge in [0, 0.05) is 12.5 Å². The first-order valence-electron chi connectivity index (χ1n) is 11.9. The number of nitrogens with zero attached hydrogens (tertiary/aromatic N) is 2. The summed E-state index contributed by atoms with van der Waals surface area (Å²) in [4.78, 5) is 36.8. The number of nitrogens with two attached hydrogens (primary N) is 2. The van der Waals surface area contributed by atoms with Gasteiger partial charge in [0.15, 0.2) is 5.78 Å². The van der Waals surface area contributed by atoms with Gasteiger partial charge in [0.25, 0.3) is 5.91 Å². The van der Waals surface area contributed by atoms with E-state index in [1.165, 1.54) is 6.07 Å². The molecule has 2 unspecified atom stereocenters. The minimum Gasteiger partial charge on any atom is -0.459 e. The van der Waals surface area contributed by atoms with E-state index in [1.807, 2.05) is 13.8 Å². The second-order valence-electron chi connectivity index (χ2n) is 10.2. The number of halogens is 1. The standard InChI is InChI=1S/C25H32FN5O4/c1-13-22-18(10-25(2,3)11-19(22)32)31(30-13)14-8-15(26)23(24(28)34)17(9-14)29-16-6-4-5-7-20(16)35-21(33)12-27/h8-9,16,20,29H,4-7,10-12,27H2,1-3H3,(H2,28,34). The summed E-state index contributed by atoms with van der Waals surface area (Å²) in [7, 11) is 0. The first kappa shape index (κ1) is 24.8. The molecule has 0 bridgehead atoms. The fourth-order valence-corrected chi connectivity index (χ4v) is 5.25. The zero-order valence-electron chi connectivity index (χ0n) is 20.3. The van der Waals surface area contributed by atoms with Crippen molar-refractivity contribution in [2.75, 3.05) is 11.9 Å². The Morgan fingerprint density at radius 1 is 1.26 bits per heavy atom. The quantitative estimate of drug-likeness (QED) is 0.534. The van der Waals surface area contributed by atoms with Gasteiger partial charge in [-0.05, 0) is 44.1 Å². The molecule has 2 atom stereocenters. The minimum atomic E-state index is -0.919. The van der Waals surface area contributed by atoms with E-state index in [1.54, 1.807) is 17.7 Å². The van der Waals surface area contributed by atoms with Crippen LogP contribution in [-0.4, -0.2) is 46.1 Å². The normalized spacial score (nSPS) is 21.3. The van der Waals surface area contributed by atoms with Crippen LogP contribution >= 0.6 is 0 Å². The monoisotopic (exact) mass is 485 g/mol. The average Bonchev–Trinajstić information content (AvgIpc) is 3.09. The number of rotatable bonds is 6. The Labute approximate surface area is 203 Å². The van der Waals surface area contributed by atoms with E-state index in [0.29, 0.717) is 48.3 Å². The summed E-state index contributed by atoms with van der Waals surface area (Å²) >= 11 is 0. The van der Waals surface area contributed by atoms with Crippen LogP contribution in [0.5, 0.6) is 0 Å². The number of aryl methyl sites for hydroxylation is 1. The number of fused-ring (bicyclic) bond motifs is 1. The van der Waals surface area contributed by atoms with E-state index in [4.69, 9.17) is 16.2 Å². The number of amides is 1. The van der Waals surface area contributed by atoms with E-state index < -0.39 is 23.8 Å². The number of ketones is 1. The summed E-state index contributed by atoms with van der Waals surface area (Å²) in [5.74, 6) is -2.23. The number of ether oxygens (including phenoxy) is 1. The van der Waals surface area contributed by atoms with Gasteiger partial charge in [0.1, 0.15) is 11.9 Å². The smallest absolute Gasteiger partial charge is 0.320 e. The topological polar surface area (TPSA) is 142 Å². The summed E-state index contributed by atoms with van der Waals surface area (Å²) in [5, 5.41) is 7.76. The van der Waals surface area contributed by atoms with E-state index >= 15 is 4.39 Å². The number of benzene rings is 1. The Hall–Kier alpha value is -3.27. The molecular formula is C25H32FN5O4. The van der Waals surface area contributed by atoms with Gasteiger partial charge in [-0.1, -0.05) is 20.3 Å². The molecule has 1 amide bonds. The molecular weight excluding hydrogens is 453 g/mol. The number of carbonyl (C=O) groups is 3. The molecule has 0 radical (unpaired) electrons. The van der Waals surface area contributed by atoms with Crippen LogP contribution in [0.1, 0.15) is 78.1 Å². The lowest BCUT2D eigenvalue weighted by atomic mass is 9.75. The van der Waals surface area contributed by atoms with E-state index in [9.17, 15) is 14.4 Å². The fourth-order valence-electron chi connectivity index (χ4n) is 5.25. The fraction of sp³-hybridized carbons (Fsp3) is 0.520. The maximum atomic E-state index is 15.3. The number of anilines is 1. The van der Waals surface area contributed by atoms with Crippen LogP contribution in [0.3, 0.4) is 0 Å². The van der Waals surface area contributed by atoms with Gasteiger partial charge in [0.2, 0.25) is 0 Å². The van der Waals surface area contributed by atoms with Crippen molar-refractivity contribution in [1.82, 2.24) is 9.78 Å². The largest absolute Gasteiger partial charge is 0.459 e. The number of carbonyl (C=O) groups excluding carboxylic acids is 3. The maximum Gasteiger partial charge on any atom is 0.320 e. The Kier molecular flexibility index (Phi) is 6.68. The van der Waals surface area contributed by atoms with Gasteiger partial charge in [-0.15, -0.1) is 0 Å². The van der Waals surface area contributed by atoms with Gasteiger partial charge in [-0.25, -0.2) is 9.07 Å². The maximum absolute atomic E-state index is 15.3. The highest BCUT2D eigenvalue weighted by Crippen LogP contribution is 2.38. The summed E-state index contributed by atoms with van der Waals surface area (Å²) in [6.07, 6.45) is 3.58. The Morgan fingerprint density at radius 3 is 2.66 bits per heavy atom. The molecule has 35 heavy (non-hydrogen) atoms. The lowest BCUT2D eigenvalue weighted by Crippen LogP contribution is -2.41. The molecule has 0 saturated heterocycles. The summed E-state index contributed by atoms with van der Waals surface area (Å²) in [6.45, 7) is 5.54. The molecule has 2 aromatic rings. The summed E-state index contributed by atoms with van der Waals surface area (Å²) in [5.41, 5.74) is 12.8. The van der Waals surface area contributed by atoms with Crippen molar-refractivity contribution >= 4 is 23.3 Å². The molecule has 5 N–H and O–H groups in total. The predicted octanol–water partition coefficient (Wildman–Crippen LogP) is 2.80. The number of nitrogens with one attached hydrogen (secondary N) is 1. The highest BCUT2D eigenvalue weighted by atomic mass is 19.1. The number of esters is 1. The van der Waals surface area contributed by atoms with Crippen molar-refractivity contribution in [3.05, 3.63) is 40.5 Å². The average molecular weight is 486 g/mol. The van der Waals surface area contributed by atoms with Crippen LogP contribution < -0.4 is 16.8 Å². The summed E-state index contributed by atoms with van der Waals surface area (Å²) in [6, 6.07) is 2.47. The highest BCUT2D eigenvalue weighted by molar-refractivity contribution is 6.00. The Bertz CT molecular complexity index is 1190. The number of hydrogen-bond donors (Lipinski definition) is 3. The van der Waals surface area contributed by atoms with E-state index in [2.05, 4.69) is 10.4 Å². The van der Waals surface area contributed by atoms with Gasteiger partial charge < -0.3 is 21.5 Å². The Balaban J connectivity index is 1.77. The highest BCUT2D eigenvalue weighted by Gasteiger charge is 2.36. The zero-order chi connectivity index (χ0) is 25.5. The SMILES string of the molecule is Cc1nn(-c2cc(F)c(C(N)=O)c(NC3CCCCC3OC(=O)CN)c2)c2c1C(=O)CC(C)(C)C2. The Morgan fingerprint density at radius 2 is 1.97 bits per heavy atom. The first-order chi connectivity index (χ1) is 16.5. The minimum absolute atomic E-state index is 0.0133. The van der Waals surface area contributed by atoms with Crippen molar-refractivity contribution < 1.29 is 23.5 Å². The number of hydrogen-bond acceptors (Lipinski definition) is 7. The lowest BCUT2D eigenvalue weighted by Gasteiger charge is -2.33. The third-order valence-corrected chi connectivity index (χ3v) is 6.78. The molecule has 2 aliphatic carbocycles. The number of aromatic nitrogens is 2. The van der Waals surface area contributed by atoms with Crippen LogP contribution in [0.25, 0.3) is 5.69 Å². The van der Waals surface area contributed by atoms with Crippen LogP contribution in [0.15, 0.2) is 12.1 Å². The second kappa shape index (κ2) is 9.41. The van der Waals surface area contributed by atoms with Gasteiger partial charge in [-0.3, -0.25) is 14.4 Å². The molecule has 1 saturated carbocycles. The molecule has 188 valence electrons. The molecule has 0 spiro atoms. The zero-order valence-corrected chi connectivity index (χ0v) is 20.3. The van der Waals surface area contributed by atoms with Gasteiger partial charge in [0.05, 0.1) is 46.5 Å². The molecule has 10 heteroatoms. The molecule has 4 rings (SSSR count). The van der Waals surface area contributed by atoms with Crippen molar-refractivity contribution in [2.45, 2.75) is 71.4 Å². The van der Waals surface area contributed by atoms with Crippen molar-refractivity contribution in [2.24, 2.45) is 16.9 Å². The number of Topliss-reactive ketones (excluding diaryl/α,β-unsaturated/α-hetero) is 1. The van der Waals surface area contributed by atoms with Crippen LogP contribution in [0, 0.1) is 18.2 Å². The predicted molar refractivity (Wildman–Crippen MR) is 128 cm³/mol. The lowest BCUT2D eigenvalue weighted by molar-refractivity contribution is -0.149. The van der Waals surface area contributed by atoms with Gasteiger partial charge in [-0.2, -0.15) is 5.10 Å². The summed E-state index contributed by atoms with van der Waals surface area (Å²) < 4.78 is 22.4. The first-order valence-corrected chi connectivity index (χ1v) is 11.9. The van der Waals surface area contributed by atoms with Crippen LogP contribution in [0.4, 0.5) is 10.1 Å². The van der Waals surface area contributed by atoms with E-state index in [0.717, 1.165) is 12.8 Å². The molecule has 1 aromatic heterocycles. The third-order valence-electron chi connectivity index (χ3n) is 6.78. The van der Waals surface area contributed by atoms with Crippen molar-refractivity contribution in [1.29, 1.82) is 0 Å². The van der Waals surface area contributed by atoms with Crippen molar-refractivity contribution in [3.8, 4) is 5.69 Å². The molecule has 0 aliphatic heterocycles.